The molecule has 0 unspecified atom stereocenters. The second-order valence-electron chi connectivity index (χ2n) is 6.60. The fourth-order valence-electron chi connectivity index (χ4n) is 2.68. The van der Waals surface area contributed by atoms with Gasteiger partial charge >= 0.3 is 6.18 Å². The smallest absolute Gasteiger partial charge is 0.435 e. The van der Waals surface area contributed by atoms with Crippen LogP contribution < -0.4 is 10.1 Å². The summed E-state index contributed by atoms with van der Waals surface area (Å²) >= 11 is 1.47. The van der Waals surface area contributed by atoms with Gasteiger partial charge < -0.3 is 10.1 Å². The molecule has 1 heterocycles. The monoisotopic (exact) mass is 451 g/mol. The highest BCUT2D eigenvalue weighted by atomic mass is 32.2. The molecule has 0 aliphatic heterocycles. The number of rotatable bonds is 5. The zero-order valence-corrected chi connectivity index (χ0v) is 17.5. The molecule has 162 valence electrons. The van der Waals surface area contributed by atoms with E-state index < -0.39 is 35.0 Å². The number of hydrogen-bond donors (Lipinski definition) is 1. The van der Waals surface area contributed by atoms with Crippen LogP contribution in [0.3, 0.4) is 0 Å². The first-order valence-corrected chi connectivity index (χ1v) is 10.2. The van der Waals surface area contributed by atoms with Gasteiger partial charge in [0, 0.05) is 10.6 Å². The third kappa shape index (κ3) is 5.32. The van der Waals surface area contributed by atoms with E-state index in [4.69, 9.17) is 4.74 Å². The SMILES string of the molecule is CSc1cc(NC(=O)c2cc(C(F)(F)F)nnc2Oc2ccc(F)cc2C)ccc1C. The van der Waals surface area contributed by atoms with E-state index >= 15 is 0 Å². The van der Waals surface area contributed by atoms with Crippen molar-refractivity contribution in [2.75, 3.05) is 11.6 Å². The molecule has 0 aliphatic rings. The first-order chi connectivity index (χ1) is 14.6. The van der Waals surface area contributed by atoms with Gasteiger partial charge in [-0.25, -0.2) is 4.39 Å². The highest BCUT2D eigenvalue weighted by Gasteiger charge is 2.35. The Morgan fingerprint density at radius 3 is 2.42 bits per heavy atom. The van der Waals surface area contributed by atoms with E-state index in [2.05, 4.69) is 15.5 Å². The maximum atomic E-state index is 13.3. The summed E-state index contributed by atoms with van der Waals surface area (Å²) in [5, 5.41) is 9.15. The second kappa shape index (κ2) is 8.93. The number of carbonyl (C=O) groups is 1. The van der Waals surface area contributed by atoms with Crippen molar-refractivity contribution in [1.29, 1.82) is 0 Å². The molecule has 0 aliphatic carbocycles. The number of aromatic nitrogens is 2. The summed E-state index contributed by atoms with van der Waals surface area (Å²) in [6.07, 6.45) is -2.93. The topological polar surface area (TPSA) is 64.1 Å². The fourth-order valence-corrected chi connectivity index (χ4v) is 3.32. The van der Waals surface area contributed by atoms with Crippen LogP contribution in [-0.4, -0.2) is 22.4 Å². The van der Waals surface area contributed by atoms with E-state index in [0.29, 0.717) is 17.3 Å². The van der Waals surface area contributed by atoms with Crippen LogP contribution in [-0.2, 0) is 6.18 Å². The lowest BCUT2D eigenvalue weighted by Gasteiger charge is -2.14. The van der Waals surface area contributed by atoms with Gasteiger partial charge in [0.15, 0.2) is 5.69 Å². The van der Waals surface area contributed by atoms with Gasteiger partial charge in [-0.15, -0.1) is 22.0 Å². The van der Waals surface area contributed by atoms with Crippen LogP contribution in [0.2, 0.25) is 0 Å². The number of carbonyl (C=O) groups excluding carboxylic acids is 1. The summed E-state index contributed by atoms with van der Waals surface area (Å²) in [4.78, 5) is 13.7. The summed E-state index contributed by atoms with van der Waals surface area (Å²) in [5.74, 6) is -1.67. The van der Waals surface area contributed by atoms with Crippen molar-refractivity contribution >= 4 is 23.4 Å². The molecule has 0 spiro atoms. The molecule has 0 radical (unpaired) electrons. The highest BCUT2D eigenvalue weighted by molar-refractivity contribution is 7.98. The van der Waals surface area contributed by atoms with Gasteiger partial charge in [-0.1, -0.05) is 6.07 Å². The molecule has 10 heteroatoms. The molecule has 31 heavy (non-hydrogen) atoms. The van der Waals surface area contributed by atoms with Crippen LogP contribution in [0.5, 0.6) is 11.6 Å². The van der Waals surface area contributed by atoms with Crippen molar-refractivity contribution in [3.8, 4) is 11.6 Å². The zero-order valence-electron chi connectivity index (χ0n) is 16.7. The number of nitrogens with zero attached hydrogens (tertiary/aromatic N) is 2. The van der Waals surface area contributed by atoms with Crippen LogP contribution in [0.1, 0.15) is 27.2 Å². The lowest BCUT2D eigenvalue weighted by molar-refractivity contribution is -0.141. The van der Waals surface area contributed by atoms with Gasteiger partial charge in [-0.05, 0) is 67.6 Å². The average molecular weight is 451 g/mol. The number of ether oxygens (including phenoxy) is 1. The Labute approximate surface area is 179 Å². The van der Waals surface area contributed by atoms with Crippen molar-refractivity contribution in [1.82, 2.24) is 10.2 Å². The van der Waals surface area contributed by atoms with Gasteiger partial charge in [-0.3, -0.25) is 4.79 Å². The minimum absolute atomic E-state index is 0.129. The van der Waals surface area contributed by atoms with E-state index in [9.17, 15) is 22.4 Å². The van der Waals surface area contributed by atoms with E-state index in [-0.39, 0.29) is 5.75 Å². The number of anilines is 1. The molecular formula is C21H17F4N3O2S. The van der Waals surface area contributed by atoms with E-state index in [1.807, 2.05) is 13.2 Å². The van der Waals surface area contributed by atoms with Crippen LogP contribution in [0.15, 0.2) is 47.4 Å². The van der Waals surface area contributed by atoms with Crippen LogP contribution in [0, 0.1) is 19.7 Å². The van der Waals surface area contributed by atoms with Gasteiger partial charge in [0.1, 0.15) is 17.1 Å². The minimum atomic E-state index is -4.80. The highest BCUT2D eigenvalue weighted by Crippen LogP contribution is 2.32. The predicted molar refractivity (Wildman–Crippen MR) is 109 cm³/mol. The Hall–Kier alpha value is -3.14. The molecule has 3 aromatic rings. The Kier molecular flexibility index (Phi) is 6.49. The van der Waals surface area contributed by atoms with Crippen LogP contribution in [0.4, 0.5) is 23.2 Å². The van der Waals surface area contributed by atoms with E-state index in [1.54, 1.807) is 25.1 Å². The van der Waals surface area contributed by atoms with Gasteiger partial charge in [0.25, 0.3) is 11.8 Å². The third-order valence-corrected chi connectivity index (χ3v) is 5.18. The largest absolute Gasteiger partial charge is 0.437 e. The molecule has 3 rings (SSSR count). The van der Waals surface area contributed by atoms with Gasteiger partial charge in [0.2, 0.25) is 0 Å². The second-order valence-corrected chi connectivity index (χ2v) is 7.44. The average Bonchev–Trinajstić information content (AvgIpc) is 2.70. The number of aryl methyl sites for hydroxylation is 2. The minimum Gasteiger partial charge on any atom is -0.437 e. The molecule has 0 saturated carbocycles. The summed E-state index contributed by atoms with van der Waals surface area (Å²) in [6, 6.07) is 9.29. The molecule has 0 atom stereocenters. The number of benzene rings is 2. The molecular weight excluding hydrogens is 434 g/mol. The predicted octanol–water partition coefficient (Wildman–Crippen LogP) is 6.02. The maximum absolute atomic E-state index is 13.3. The zero-order chi connectivity index (χ0) is 22.8. The molecule has 1 amide bonds. The maximum Gasteiger partial charge on any atom is 0.435 e. The number of alkyl halides is 3. The Bertz CT molecular complexity index is 1140. The summed E-state index contributed by atoms with van der Waals surface area (Å²) in [6.45, 7) is 3.45. The fraction of sp³-hybridized carbons (Fsp3) is 0.190. The Morgan fingerprint density at radius 2 is 1.77 bits per heavy atom. The van der Waals surface area contributed by atoms with Crippen molar-refractivity contribution in [3.63, 3.8) is 0 Å². The third-order valence-electron chi connectivity index (χ3n) is 4.30. The molecule has 2 aromatic carbocycles. The van der Waals surface area contributed by atoms with Crippen molar-refractivity contribution in [2.45, 2.75) is 24.9 Å². The Morgan fingerprint density at radius 1 is 1.03 bits per heavy atom. The number of nitrogens with one attached hydrogen (secondary N) is 1. The van der Waals surface area contributed by atoms with Crippen molar-refractivity contribution in [3.05, 3.63) is 70.7 Å². The lowest BCUT2D eigenvalue weighted by atomic mass is 10.2. The number of hydrogen-bond acceptors (Lipinski definition) is 5. The molecule has 1 aromatic heterocycles. The summed E-state index contributed by atoms with van der Waals surface area (Å²) < 4.78 is 58.3. The Balaban J connectivity index is 2.00. The van der Waals surface area contributed by atoms with E-state index in [0.717, 1.165) is 16.5 Å². The van der Waals surface area contributed by atoms with Crippen molar-refractivity contribution < 1.29 is 27.1 Å². The van der Waals surface area contributed by atoms with Crippen molar-refractivity contribution in [2.24, 2.45) is 0 Å². The van der Waals surface area contributed by atoms with Crippen LogP contribution >= 0.6 is 11.8 Å². The molecule has 1 N–H and O–H groups in total. The molecule has 5 nitrogen and oxygen atoms in total. The molecule has 0 saturated heterocycles. The first-order valence-electron chi connectivity index (χ1n) is 8.93. The first kappa shape index (κ1) is 22.5. The van der Waals surface area contributed by atoms with Gasteiger partial charge in [-0.2, -0.15) is 13.2 Å². The number of thioether (sulfide) groups is 1. The van der Waals surface area contributed by atoms with Crippen LogP contribution in [0.25, 0.3) is 0 Å². The molecule has 0 bridgehead atoms. The normalized spacial score (nSPS) is 11.3. The summed E-state index contributed by atoms with van der Waals surface area (Å²) in [7, 11) is 0. The number of halogens is 4. The summed E-state index contributed by atoms with van der Waals surface area (Å²) in [5.41, 5.74) is -0.0384. The quantitative estimate of drug-likeness (QED) is 0.380. The van der Waals surface area contributed by atoms with E-state index in [1.165, 1.54) is 23.9 Å². The van der Waals surface area contributed by atoms with Gasteiger partial charge in [0.05, 0.1) is 0 Å². The number of amides is 1. The standard InChI is InChI=1S/C21H17F4N3O2S/c1-11-4-6-14(9-17(11)31-3)26-19(29)15-10-18(21(23,24)25)27-28-20(15)30-16-7-5-13(22)8-12(16)2/h4-10H,1-3H3,(H,26,29). The molecule has 0 fully saturated rings. The lowest BCUT2D eigenvalue weighted by Crippen LogP contribution is -2.18.